The minimum absolute atomic E-state index is 0.0684. The molecule has 26 heavy (non-hydrogen) atoms. The normalized spacial score (nSPS) is 18.8. The van der Waals surface area contributed by atoms with Gasteiger partial charge in [-0.25, -0.2) is 0 Å². The fourth-order valence-electron chi connectivity index (χ4n) is 3.51. The first-order valence-corrected chi connectivity index (χ1v) is 9.25. The van der Waals surface area contributed by atoms with Crippen molar-refractivity contribution in [3.63, 3.8) is 0 Å². The van der Waals surface area contributed by atoms with Crippen molar-refractivity contribution >= 4 is 5.91 Å². The molecule has 0 spiro atoms. The van der Waals surface area contributed by atoms with Gasteiger partial charge in [0.1, 0.15) is 0 Å². The van der Waals surface area contributed by atoms with Crippen LogP contribution in [0.3, 0.4) is 0 Å². The molecule has 0 bridgehead atoms. The van der Waals surface area contributed by atoms with Crippen LogP contribution < -0.4 is 16.8 Å². The third kappa shape index (κ3) is 4.91. The number of carbonyl (C=O) groups excluding carboxylic acids is 1. The molecule has 1 fully saturated rings. The molecule has 1 saturated heterocycles. The Morgan fingerprint density at radius 1 is 1.08 bits per heavy atom. The summed E-state index contributed by atoms with van der Waals surface area (Å²) < 4.78 is 0. The maximum Gasteiger partial charge on any atom is 0.240 e. The van der Waals surface area contributed by atoms with Gasteiger partial charge in [-0.2, -0.15) is 0 Å². The third-order valence-electron chi connectivity index (χ3n) is 4.86. The Hall–Kier alpha value is -2.21. The first kappa shape index (κ1) is 18.6. The average Bonchev–Trinajstić information content (AvgIpc) is 2.66. The van der Waals surface area contributed by atoms with Gasteiger partial charge in [0.15, 0.2) is 0 Å². The number of rotatable bonds is 7. The van der Waals surface area contributed by atoms with E-state index >= 15 is 0 Å². The second kappa shape index (κ2) is 8.94. The Balaban J connectivity index is 1.57. The maximum atomic E-state index is 12.8. The number of nitrogens with zero attached hydrogens (tertiary/aromatic N) is 1. The van der Waals surface area contributed by atoms with Crippen molar-refractivity contribution in [1.82, 2.24) is 10.2 Å². The van der Waals surface area contributed by atoms with Crippen LogP contribution >= 0.6 is 0 Å². The molecule has 2 aromatic carbocycles. The second-order valence-corrected chi connectivity index (χ2v) is 6.98. The second-order valence-electron chi connectivity index (χ2n) is 6.98. The standard InChI is InChI=1S/C21H28N4O/c22-14-18-8-4-7-17(11-18)12-19(23)13-20-21(26)25(10-9-24-20)15-16-5-2-1-3-6-16/h1-8,11,19-20,24H,9-10,12-15,22-23H2/t19-,20-/m0/s1. The van der Waals surface area contributed by atoms with Crippen LogP contribution in [0.4, 0.5) is 0 Å². The van der Waals surface area contributed by atoms with Crippen LogP contribution in [-0.4, -0.2) is 36.0 Å². The lowest BCUT2D eigenvalue weighted by Crippen LogP contribution is -2.56. The summed E-state index contributed by atoms with van der Waals surface area (Å²) in [6.07, 6.45) is 1.38. The van der Waals surface area contributed by atoms with Gasteiger partial charge in [0.05, 0.1) is 6.04 Å². The zero-order chi connectivity index (χ0) is 18.4. The molecule has 2 aromatic rings. The molecule has 5 nitrogen and oxygen atoms in total. The molecule has 1 aliphatic rings. The molecule has 0 radical (unpaired) electrons. The van der Waals surface area contributed by atoms with Crippen LogP contribution in [0.5, 0.6) is 0 Å². The number of benzene rings is 2. The maximum absolute atomic E-state index is 12.8. The molecule has 3 rings (SSSR count). The Morgan fingerprint density at radius 3 is 2.58 bits per heavy atom. The highest BCUT2D eigenvalue weighted by atomic mass is 16.2. The van der Waals surface area contributed by atoms with E-state index in [1.54, 1.807) is 0 Å². The quantitative estimate of drug-likeness (QED) is 0.703. The van der Waals surface area contributed by atoms with Gasteiger partial charge >= 0.3 is 0 Å². The van der Waals surface area contributed by atoms with E-state index in [-0.39, 0.29) is 18.0 Å². The summed E-state index contributed by atoms with van der Waals surface area (Å²) in [6, 6.07) is 18.0. The molecule has 5 N–H and O–H groups in total. The summed E-state index contributed by atoms with van der Waals surface area (Å²) in [7, 11) is 0. The smallest absolute Gasteiger partial charge is 0.240 e. The van der Waals surface area contributed by atoms with E-state index in [0.29, 0.717) is 19.5 Å². The lowest BCUT2D eigenvalue weighted by atomic mass is 9.97. The summed E-state index contributed by atoms with van der Waals surface area (Å²) in [5.74, 6) is 0.145. The van der Waals surface area contributed by atoms with Crippen LogP contribution in [0.2, 0.25) is 0 Å². The first-order chi connectivity index (χ1) is 12.7. The molecule has 1 aliphatic heterocycles. The molecule has 138 valence electrons. The van der Waals surface area contributed by atoms with Crippen LogP contribution in [0.15, 0.2) is 54.6 Å². The number of hydrogen-bond donors (Lipinski definition) is 3. The van der Waals surface area contributed by atoms with Gasteiger partial charge in [-0.3, -0.25) is 4.79 Å². The first-order valence-electron chi connectivity index (χ1n) is 9.25. The Kier molecular flexibility index (Phi) is 6.39. The highest BCUT2D eigenvalue weighted by Gasteiger charge is 2.29. The van der Waals surface area contributed by atoms with E-state index in [9.17, 15) is 4.79 Å². The van der Waals surface area contributed by atoms with Gasteiger partial charge in [0, 0.05) is 32.2 Å². The monoisotopic (exact) mass is 352 g/mol. The van der Waals surface area contributed by atoms with Crippen molar-refractivity contribution in [2.75, 3.05) is 13.1 Å². The van der Waals surface area contributed by atoms with E-state index < -0.39 is 0 Å². The predicted molar refractivity (Wildman–Crippen MR) is 104 cm³/mol. The average molecular weight is 352 g/mol. The van der Waals surface area contributed by atoms with Gasteiger partial charge in [-0.05, 0) is 29.5 Å². The zero-order valence-electron chi connectivity index (χ0n) is 15.1. The molecular weight excluding hydrogens is 324 g/mol. The Labute approximate surface area is 155 Å². The zero-order valence-corrected chi connectivity index (χ0v) is 15.1. The highest BCUT2D eigenvalue weighted by molar-refractivity contribution is 5.82. The number of piperazine rings is 1. The minimum Gasteiger partial charge on any atom is -0.336 e. The van der Waals surface area contributed by atoms with Crippen LogP contribution in [0, 0.1) is 0 Å². The molecule has 0 saturated carbocycles. The molecular formula is C21H28N4O. The number of carbonyl (C=O) groups is 1. The summed E-state index contributed by atoms with van der Waals surface area (Å²) >= 11 is 0. The summed E-state index contributed by atoms with van der Waals surface area (Å²) in [6.45, 7) is 2.72. The minimum atomic E-state index is -0.208. The van der Waals surface area contributed by atoms with Crippen LogP contribution in [0.25, 0.3) is 0 Å². The van der Waals surface area contributed by atoms with E-state index in [0.717, 1.165) is 30.6 Å². The van der Waals surface area contributed by atoms with Crippen molar-refractivity contribution in [1.29, 1.82) is 0 Å². The van der Waals surface area contributed by atoms with Crippen LogP contribution in [-0.2, 0) is 24.3 Å². The largest absolute Gasteiger partial charge is 0.336 e. The van der Waals surface area contributed by atoms with Gasteiger partial charge in [-0.1, -0.05) is 54.6 Å². The Bertz CT molecular complexity index is 719. The van der Waals surface area contributed by atoms with E-state index in [1.807, 2.05) is 35.2 Å². The van der Waals surface area contributed by atoms with Crippen molar-refractivity contribution in [2.45, 2.75) is 38.0 Å². The molecule has 0 aromatic heterocycles. The van der Waals surface area contributed by atoms with Gasteiger partial charge in [-0.15, -0.1) is 0 Å². The molecule has 0 unspecified atom stereocenters. The number of nitrogens with one attached hydrogen (secondary N) is 1. The number of amides is 1. The van der Waals surface area contributed by atoms with Gasteiger partial charge in [0.25, 0.3) is 0 Å². The van der Waals surface area contributed by atoms with Gasteiger partial charge in [0.2, 0.25) is 5.91 Å². The summed E-state index contributed by atoms with van der Waals surface area (Å²) in [5.41, 5.74) is 15.5. The molecule has 1 heterocycles. The van der Waals surface area contributed by atoms with Crippen molar-refractivity contribution in [2.24, 2.45) is 11.5 Å². The molecule has 0 aliphatic carbocycles. The SMILES string of the molecule is NCc1cccc(C[C@H](N)C[C@@H]2NCCN(Cc3ccccc3)C2=O)c1. The van der Waals surface area contributed by atoms with Crippen molar-refractivity contribution < 1.29 is 4.79 Å². The summed E-state index contributed by atoms with van der Waals surface area (Å²) in [4.78, 5) is 14.7. The fourth-order valence-corrected chi connectivity index (χ4v) is 3.51. The third-order valence-corrected chi connectivity index (χ3v) is 4.86. The lowest BCUT2D eigenvalue weighted by Gasteiger charge is -2.34. The lowest BCUT2D eigenvalue weighted by molar-refractivity contribution is -0.136. The topological polar surface area (TPSA) is 84.4 Å². The highest BCUT2D eigenvalue weighted by Crippen LogP contribution is 2.14. The predicted octanol–water partition coefficient (Wildman–Crippen LogP) is 1.41. The Morgan fingerprint density at radius 2 is 1.81 bits per heavy atom. The summed E-state index contributed by atoms with van der Waals surface area (Å²) in [5, 5.41) is 3.33. The number of hydrogen-bond acceptors (Lipinski definition) is 4. The van der Waals surface area contributed by atoms with E-state index in [4.69, 9.17) is 11.5 Å². The van der Waals surface area contributed by atoms with E-state index in [1.165, 1.54) is 5.56 Å². The van der Waals surface area contributed by atoms with Gasteiger partial charge < -0.3 is 21.7 Å². The van der Waals surface area contributed by atoms with Crippen molar-refractivity contribution in [3.05, 3.63) is 71.3 Å². The molecule has 1 amide bonds. The molecule has 5 heteroatoms. The van der Waals surface area contributed by atoms with Crippen LogP contribution in [0.1, 0.15) is 23.1 Å². The van der Waals surface area contributed by atoms with E-state index in [2.05, 4.69) is 29.6 Å². The number of nitrogens with two attached hydrogens (primary N) is 2. The fraction of sp³-hybridized carbons (Fsp3) is 0.381. The molecule has 2 atom stereocenters. The van der Waals surface area contributed by atoms with Crippen molar-refractivity contribution in [3.8, 4) is 0 Å².